The Hall–Kier alpha value is -0.380. The molecule has 0 unspecified atom stereocenters. The van der Waals surface area contributed by atoms with Crippen LogP contribution in [0.4, 0.5) is 0 Å². The Kier molecular flexibility index (Phi) is 3.06. The molecule has 5 aliphatic rings. The molecule has 3 heteroatoms. The van der Waals surface area contributed by atoms with Crippen LogP contribution in [0.15, 0.2) is 11.6 Å². The van der Waals surface area contributed by atoms with Gasteiger partial charge >= 0.3 is 0 Å². The highest BCUT2D eigenvalue weighted by molar-refractivity contribution is 5.21. The fourth-order valence-electron chi connectivity index (χ4n) is 6.40. The summed E-state index contributed by atoms with van der Waals surface area (Å²) in [6.45, 7) is 4.91. The molecule has 2 heterocycles. The van der Waals surface area contributed by atoms with Gasteiger partial charge in [-0.1, -0.05) is 11.6 Å². The van der Waals surface area contributed by atoms with E-state index in [0.29, 0.717) is 0 Å². The number of allylic oxidation sites excluding steroid dienone is 1. The molecule has 0 radical (unpaired) electrons. The Balaban J connectivity index is 1.41. The Labute approximate surface area is 133 Å². The predicted octanol–water partition coefficient (Wildman–Crippen LogP) is 3.68. The highest BCUT2D eigenvalue weighted by Gasteiger charge is 2.54. The van der Waals surface area contributed by atoms with E-state index >= 15 is 0 Å². The van der Waals surface area contributed by atoms with Crippen molar-refractivity contribution in [3.8, 4) is 0 Å². The van der Waals surface area contributed by atoms with Crippen molar-refractivity contribution in [2.45, 2.75) is 63.3 Å². The van der Waals surface area contributed by atoms with Crippen LogP contribution in [-0.4, -0.2) is 31.2 Å². The van der Waals surface area contributed by atoms with E-state index in [1.54, 1.807) is 5.57 Å². The van der Waals surface area contributed by atoms with Gasteiger partial charge in [-0.3, -0.25) is 0 Å². The van der Waals surface area contributed by atoms with Gasteiger partial charge in [-0.05, 0) is 62.7 Å². The lowest BCUT2D eigenvalue weighted by molar-refractivity contribution is -0.176. The summed E-state index contributed by atoms with van der Waals surface area (Å²) >= 11 is 0. The molecule has 4 fully saturated rings. The number of ether oxygens (including phenoxy) is 3. The van der Waals surface area contributed by atoms with Crippen molar-refractivity contribution >= 4 is 0 Å². The number of hydrogen-bond donors (Lipinski definition) is 0. The van der Waals surface area contributed by atoms with E-state index in [2.05, 4.69) is 13.0 Å². The molecule has 0 aromatic heterocycles. The lowest BCUT2D eigenvalue weighted by Crippen LogP contribution is -2.49. The van der Waals surface area contributed by atoms with Crippen LogP contribution in [0.2, 0.25) is 0 Å². The molecular formula is C19H28O3. The van der Waals surface area contributed by atoms with Crippen LogP contribution in [0, 0.1) is 23.7 Å². The lowest BCUT2D eigenvalue weighted by Gasteiger charge is -2.52. The van der Waals surface area contributed by atoms with Gasteiger partial charge in [0.2, 0.25) is 0 Å². The molecule has 0 bridgehead atoms. The molecule has 122 valence electrons. The summed E-state index contributed by atoms with van der Waals surface area (Å²) in [6, 6.07) is 0. The van der Waals surface area contributed by atoms with E-state index in [0.717, 1.165) is 56.3 Å². The minimum absolute atomic E-state index is 0.181. The van der Waals surface area contributed by atoms with Gasteiger partial charge in [-0.2, -0.15) is 0 Å². The molecule has 0 amide bonds. The van der Waals surface area contributed by atoms with Crippen molar-refractivity contribution in [1.29, 1.82) is 0 Å². The van der Waals surface area contributed by atoms with Crippen LogP contribution < -0.4 is 0 Å². The topological polar surface area (TPSA) is 27.7 Å². The summed E-state index contributed by atoms with van der Waals surface area (Å²) in [5.41, 5.74) is 1.83. The first-order valence-electron chi connectivity index (χ1n) is 9.30. The maximum atomic E-state index is 6.14. The van der Waals surface area contributed by atoms with Crippen LogP contribution in [0.25, 0.3) is 0 Å². The monoisotopic (exact) mass is 304 g/mol. The van der Waals surface area contributed by atoms with Gasteiger partial charge < -0.3 is 14.2 Å². The van der Waals surface area contributed by atoms with Gasteiger partial charge in [0.05, 0.1) is 18.8 Å². The molecule has 1 spiro atoms. The van der Waals surface area contributed by atoms with Crippen LogP contribution >= 0.6 is 0 Å². The second-order valence-electron chi connectivity index (χ2n) is 8.37. The van der Waals surface area contributed by atoms with Crippen molar-refractivity contribution in [3.05, 3.63) is 11.6 Å². The summed E-state index contributed by atoms with van der Waals surface area (Å²) in [6.07, 6.45) is 11.1. The molecule has 0 aromatic carbocycles. The number of hydrogen-bond acceptors (Lipinski definition) is 3. The lowest BCUT2D eigenvalue weighted by atomic mass is 9.55. The molecule has 5 rings (SSSR count). The van der Waals surface area contributed by atoms with Crippen molar-refractivity contribution in [1.82, 2.24) is 0 Å². The normalized spacial score (nSPS) is 49.4. The highest BCUT2D eigenvalue weighted by atomic mass is 16.7. The van der Waals surface area contributed by atoms with Crippen molar-refractivity contribution in [2.75, 3.05) is 19.8 Å². The molecule has 0 N–H and O–H groups in total. The SMILES string of the molecule is C[C@]12CC[C@H]3[C@@H](CC=C4CC5(CC[C@@H]43)OCCO5)[C@@H]1CCO2. The van der Waals surface area contributed by atoms with E-state index in [4.69, 9.17) is 14.2 Å². The van der Waals surface area contributed by atoms with E-state index < -0.39 is 0 Å². The first-order valence-corrected chi connectivity index (χ1v) is 9.30. The van der Waals surface area contributed by atoms with E-state index in [-0.39, 0.29) is 11.4 Å². The van der Waals surface area contributed by atoms with Gasteiger partial charge in [0.1, 0.15) is 0 Å². The summed E-state index contributed by atoms with van der Waals surface area (Å²) in [7, 11) is 0. The predicted molar refractivity (Wildman–Crippen MR) is 83.4 cm³/mol. The van der Waals surface area contributed by atoms with Gasteiger partial charge in [-0.15, -0.1) is 0 Å². The van der Waals surface area contributed by atoms with Crippen molar-refractivity contribution in [3.63, 3.8) is 0 Å². The second kappa shape index (κ2) is 4.81. The smallest absolute Gasteiger partial charge is 0.172 e. The van der Waals surface area contributed by atoms with Gasteiger partial charge in [-0.25, -0.2) is 0 Å². The summed E-state index contributed by atoms with van der Waals surface area (Å²) in [5.74, 6) is 3.07. The summed E-state index contributed by atoms with van der Waals surface area (Å²) in [4.78, 5) is 0. The van der Waals surface area contributed by atoms with Crippen LogP contribution in [0.3, 0.4) is 0 Å². The molecule has 2 saturated heterocycles. The average Bonchev–Trinajstić information content (AvgIpc) is 3.13. The Morgan fingerprint density at radius 2 is 1.82 bits per heavy atom. The third kappa shape index (κ3) is 1.91. The average molecular weight is 304 g/mol. The minimum Gasteiger partial charge on any atom is -0.375 e. The molecule has 2 aliphatic heterocycles. The third-order valence-electron chi connectivity index (χ3n) is 7.45. The zero-order valence-corrected chi connectivity index (χ0v) is 13.7. The maximum absolute atomic E-state index is 6.14. The minimum atomic E-state index is -0.255. The van der Waals surface area contributed by atoms with E-state index in [9.17, 15) is 0 Å². The zero-order valence-electron chi connectivity index (χ0n) is 13.7. The van der Waals surface area contributed by atoms with Crippen LogP contribution in [-0.2, 0) is 14.2 Å². The Bertz CT molecular complexity index is 493. The fraction of sp³-hybridized carbons (Fsp3) is 0.895. The summed E-state index contributed by atoms with van der Waals surface area (Å²) < 4.78 is 18.1. The third-order valence-corrected chi connectivity index (χ3v) is 7.45. The standard InChI is InChI=1S/C19H28O3/c1-18-7-4-15-14-5-8-19(21-10-11-22-19)12-13(14)2-3-16(15)17(18)6-9-20-18/h2,14-17H,3-12H2,1H3/t14-,15+,16+,17-,18-/m0/s1. The highest BCUT2D eigenvalue weighted by Crippen LogP contribution is 2.58. The molecule has 3 aliphatic carbocycles. The van der Waals surface area contributed by atoms with Crippen LogP contribution in [0.1, 0.15) is 51.9 Å². The molecule has 2 saturated carbocycles. The first-order chi connectivity index (χ1) is 10.7. The number of fused-ring (bicyclic) bond motifs is 5. The fourth-order valence-corrected chi connectivity index (χ4v) is 6.40. The first kappa shape index (κ1) is 14.0. The Morgan fingerprint density at radius 3 is 2.68 bits per heavy atom. The van der Waals surface area contributed by atoms with Gasteiger partial charge in [0.25, 0.3) is 0 Å². The second-order valence-corrected chi connectivity index (χ2v) is 8.37. The molecule has 5 atom stereocenters. The molecule has 3 nitrogen and oxygen atoms in total. The molecular weight excluding hydrogens is 276 g/mol. The summed E-state index contributed by atoms with van der Waals surface area (Å²) in [5, 5.41) is 0. The van der Waals surface area contributed by atoms with Crippen LogP contribution in [0.5, 0.6) is 0 Å². The van der Waals surface area contributed by atoms with Gasteiger partial charge in [0.15, 0.2) is 5.79 Å². The molecule has 22 heavy (non-hydrogen) atoms. The Morgan fingerprint density at radius 1 is 0.955 bits per heavy atom. The molecule has 0 aromatic rings. The van der Waals surface area contributed by atoms with Crippen molar-refractivity contribution in [2.24, 2.45) is 23.7 Å². The van der Waals surface area contributed by atoms with Gasteiger partial charge in [0, 0.05) is 19.4 Å². The van der Waals surface area contributed by atoms with Crippen molar-refractivity contribution < 1.29 is 14.2 Å². The zero-order chi connectivity index (χ0) is 14.8. The largest absolute Gasteiger partial charge is 0.375 e. The van der Waals surface area contributed by atoms with E-state index in [1.165, 1.54) is 32.1 Å². The maximum Gasteiger partial charge on any atom is 0.172 e. The van der Waals surface area contributed by atoms with E-state index in [1.807, 2.05) is 0 Å². The number of rotatable bonds is 0. The quantitative estimate of drug-likeness (QED) is 0.639.